The molecule has 1 aliphatic rings. The van der Waals surface area contributed by atoms with Crippen molar-refractivity contribution in [2.75, 3.05) is 36.9 Å². The third kappa shape index (κ3) is 3.32. The van der Waals surface area contributed by atoms with Crippen LogP contribution in [0.3, 0.4) is 0 Å². The van der Waals surface area contributed by atoms with Crippen LogP contribution < -0.4 is 15.4 Å². The molecular formula is C15H24N2O2. The second kappa shape index (κ2) is 6.66. The molecule has 19 heavy (non-hydrogen) atoms. The zero-order valence-electron chi connectivity index (χ0n) is 11.6. The maximum Gasteiger partial charge on any atom is 0.144 e. The summed E-state index contributed by atoms with van der Waals surface area (Å²) in [6.45, 7) is 4.86. The number of hydrogen-bond acceptors (Lipinski definition) is 4. The fourth-order valence-electron chi connectivity index (χ4n) is 2.79. The number of hydrogen-bond donors (Lipinski definition) is 2. The molecule has 106 valence electrons. The number of nitrogens with zero attached hydrogens (tertiary/aromatic N) is 1. The van der Waals surface area contributed by atoms with Gasteiger partial charge in [0.25, 0.3) is 0 Å². The molecule has 1 aromatic rings. The molecule has 0 spiro atoms. The van der Waals surface area contributed by atoms with Crippen LogP contribution in [0.5, 0.6) is 5.75 Å². The monoisotopic (exact) mass is 264 g/mol. The van der Waals surface area contributed by atoms with Gasteiger partial charge in [0.2, 0.25) is 0 Å². The number of aliphatic hydroxyl groups excluding tert-OH is 1. The third-order valence-corrected chi connectivity index (χ3v) is 3.74. The summed E-state index contributed by atoms with van der Waals surface area (Å²) >= 11 is 0. The van der Waals surface area contributed by atoms with Gasteiger partial charge in [-0.1, -0.05) is 6.07 Å². The van der Waals surface area contributed by atoms with Gasteiger partial charge < -0.3 is 20.5 Å². The molecule has 1 aromatic carbocycles. The van der Waals surface area contributed by atoms with Crippen molar-refractivity contribution < 1.29 is 9.84 Å². The van der Waals surface area contributed by atoms with Crippen molar-refractivity contribution >= 4 is 11.4 Å². The first kappa shape index (κ1) is 14.0. The standard InChI is InChI=1S/C15H24N2O2/c1-2-19-14-7-3-6-13(15(14)16)17-9-4-5-12(11-17)8-10-18/h3,6-7,12,18H,2,4-5,8-11,16H2,1H3. The van der Waals surface area contributed by atoms with Crippen LogP contribution >= 0.6 is 0 Å². The van der Waals surface area contributed by atoms with Gasteiger partial charge in [-0.25, -0.2) is 0 Å². The SMILES string of the molecule is CCOc1cccc(N2CCCC(CCO)C2)c1N. The van der Waals surface area contributed by atoms with Gasteiger partial charge in [0.05, 0.1) is 18.0 Å². The van der Waals surface area contributed by atoms with Crippen LogP contribution in [-0.2, 0) is 0 Å². The Bertz CT molecular complexity index is 407. The Balaban J connectivity index is 2.14. The molecule has 1 heterocycles. The largest absolute Gasteiger partial charge is 0.492 e. The highest BCUT2D eigenvalue weighted by Crippen LogP contribution is 2.34. The van der Waals surface area contributed by atoms with E-state index in [4.69, 9.17) is 15.6 Å². The Morgan fingerprint density at radius 1 is 1.47 bits per heavy atom. The Morgan fingerprint density at radius 3 is 3.05 bits per heavy atom. The Labute approximate surface area is 115 Å². The predicted molar refractivity (Wildman–Crippen MR) is 78.7 cm³/mol. The van der Waals surface area contributed by atoms with Gasteiger partial charge in [0.15, 0.2) is 0 Å². The number of aliphatic hydroxyl groups is 1. The van der Waals surface area contributed by atoms with Gasteiger partial charge in [0.1, 0.15) is 5.75 Å². The van der Waals surface area contributed by atoms with Crippen LogP contribution in [0.4, 0.5) is 11.4 Å². The summed E-state index contributed by atoms with van der Waals surface area (Å²) < 4.78 is 5.55. The predicted octanol–water partition coefficient (Wildman–Crippen LogP) is 2.27. The van der Waals surface area contributed by atoms with E-state index in [1.807, 2.05) is 19.1 Å². The van der Waals surface area contributed by atoms with E-state index in [9.17, 15) is 0 Å². The lowest BCUT2D eigenvalue weighted by Gasteiger charge is -2.35. The number of benzene rings is 1. The maximum atomic E-state index is 9.08. The summed E-state index contributed by atoms with van der Waals surface area (Å²) in [6, 6.07) is 5.96. The average Bonchev–Trinajstić information content (AvgIpc) is 2.42. The van der Waals surface area contributed by atoms with E-state index < -0.39 is 0 Å². The van der Waals surface area contributed by atoms with Crippen LogP contribution in [0, 0.1) is 5.92 Å². The Kier molecular flexibility index (Phi) is 4.91. The third-order valence-electron chi connectivity index (χ3n) is 3.74. The lowest BCUT2D eigenvalue weighted by Crippen LogP contribution is -2.36. The van der Waals surface area contributed by atoms with Crippen molar-refractivity contribution in [1.29, 1.82) is 0 Å². The van der Waals surface area contributed by atoms with Crippen molar-refractivity contribution in [2.24, 2.45) is 5.92 Å². The molecule has 0 saturated carbocycles. The van der Waals surface area contributed by atoms with E-state index in [0.29, 0.717) is 12.5 Å². The summed E-state index contributed by atoms with van der Waals surface area (Å²) in [6.07, 6.45) is 3.23. The van der Waals surface area contributed by atoms with Gasteiger partial charge >= 0.3 is 0 Å². The van der Waals surface area contributed by atoms with E-state index in [1.54, 1.807) is 0 Å². The lowest BCUT2D eigenvalue weighted by atomic mass is 9.94. The number of nitrogens with two attached hydrogens (primary N) is 1. The van der Waals surface area contributed by atoms with Gasteiger partial charge in [-0.2, -0.15) is 0 Å². The van der Waals surface area contributed by atoms with Crippen molar-refractivity contribution in [1.82, 2.24) is 0 Å². The second-order valence-electron chi connectivity index (χ2n) is 5.09. The van der Waals surface area contributed by atoms with E-state index >= 15 is 0 Å². The molecule has 1 saturated heterocycles. The zero-order valence-corrected chi connectivity index (χ0v) is 11.6. The number of anilines is 2. The number of ether oxygens (including phenoxy) is 1. The molecule has 0 radical (unpaired) electrons. The first-order chi connectivity index (χ1) is 9.26. The fraction of sp³-hybridized carbons (Fsp3) is 0.600. The van der Waals surface area contributed by atoms with Crippen LogP contribution in [-0.4, -0.2) is 31.4 Å². The smallest absolute Gasteiger partial charge is 0.144 e. The molecule has 1 fully saturated rings. The summed E-state index contributed by atoms with van der Waals surface area (Å²) in [5, 5.41) is 9.08. The highest BCUT2D eigenvalue weighted by molar-refractivity contribution is 5.74. The lowest BCUT2D eigenvalue weighted by molar-refractivity contribution is 0.244. The minimum atomic E-state index is 0.271. The van der Waals surface area contributed by atoms with Crippen molar-refractivity contribution in [3.63, 3.8) is 0 Å². The zero-order chi connectivity index (χ0) is 13.7. The van der Waals surface area contributed by atoms with E-state index in [1.165, 1.54) is 6.42 Å². The fourth-order valence-corrected chi connectivity index (χ4v) is 2.79. The number of piperidine rings is 1. The molecule has 4 nitrogen and oxygen atoms in total. The van der Waals surface area contributed by atoms with Gasteiger partial charge in [-0.15, -0.1) is 0 Å². The van der Waals surface area contributed by atoms with E-state index in [2.05, 4.69) is 11.0 Å². The number of rotatable bonds is 5. The van der Waals surface area contributed by atoms with Gasteiger partial charge in [0, 0.05) is 19.7 Å². The Morgan fingerprint density at radius 2 is 2.32 bits per heavy atom. The molecule has 0 aliphatic carbocycles. The first-order valence-electron chi connectivity index (χ1n) is 7.13. The van der Waals surface area contributed by atoms with E-state index in [0.717, 1.165) is 43.1 Å². The minimum Gasteiger partial charge on any atom is -0.492 e. The normalized spacial score (nSPS) is 19.5. The summed E-state index contributed by atoms with van der Waals surface area (Å²) in [5.74, 6) is 1.33. The maximum absolute atomic E-state index is 9.08. The number of para-hydroxylation sites is 1. The molecule has 0 amide bonds. The second-order valence-corrected chi connectivity index (χ2v) is 5.09. The van der Waals surface area contributed by atoms with Crippen molar-refractivity contribution in [3.05, 3.63) is 18.2 Å². The molecule has 1 unspecified atom stereocenters. The first-order valence-corrected chi connectivity index (χ1v) is 7.13. The molecule has 1 aliphatic heterocycles. The van der Waals surface area contributed by atoms with Crippen LogP contribution in [0.2, 0.25) is 0 Å². The van der Waals surface area contributed by atoms with Gasteiger partial charge in [-0.05, 0) is 44.2 Å². The topological polar surface area (TPSA) is 58.7 Å². The molecule has 0 bridgehead atoms. The highest BCUT2D eigenvalue weighted by Gasteiger charge is 2.21. The van der Waals surface area contributed by atoms with Crippen LogP contribution in [0.1, 0.15) is 26.2 Å². The van der Waals surface area contributed by atoms with E-state index in [-0.39, 0.29) is 6.61 Å². The van der Waals surface area contributed by atoms with Crippen molar-refractivity contribution in [2.45, 2.75) is 26.2 Å². The molecule has 4 heteroatoms. The van der Waals surface area contributed by atoms with Crippen LogP contribution in [0.15, 0.2) is 18.2 Å². The molecule has 0 aromatic heterocycles. The molecule has 1 atom stereocenters. The number of nitrogen functional groups attached to an aromatic ring is 1. The summed E-state index contributed by atoms with van der Waals surface area (Å²) in [5.41, 5.74) is 8.00. The van der Waals surface area contributed by atoms with Crippen molar-refractivity contribution in [3.8, 4) is 5.75 Å². The molecule has 2 rings (SSSR count). The summed E-state index contributed by atoms with van der Waals surface area (Å²) in [4.78, 5) is 2.32. The van der Waals surface area contributed by atoms with Crippen LogP contribution in [0.25, 0.3) is 0 Å². The minimum absolute atomic E-state index is 0.271. The van der Waals surface area contributed by atoms with Gasteiger partial charge in [-0.3, -0.25) is 0 Å². The highest BCUT2D eigenvalue weighted by atomic mass is 16.5. The summed E-state index contributed by atoms with van der Waals surface area (Å²) in [7, 11) is 0. The Hall–Kier alpha value is -1.42. The molecule has 3 N–H and O–H groups in total. The molecular weight excluding hydrogens is 240 g/mol. The average molecular weight is 264 g/mol. The quantitative estimate of drug-likeness (QED) is 0.801.